The maximum atomic E-state index is 13.0. The van der Waals surface area contributed by atoms with Gasteiger partial charge in [0, 0.05) is 28.5 Å². The van der Waals surface area contributed by atoms with E-state index in [1.54, 1.807) is 23.1 Å². The van der Waals surface area contributed by atoms with Gasteiger partial charge in [-0.3, -0.25) is 9.59 Å². The summed E-state index contributed by atoms with van der Waals surface area (Å²) >= 11 is 11.9. The molecule has 3 aromatic rings. The van der Waals surface area contributed by atoms with Crippen molar-refractivity contribution in [3.63, 3.8) is 0 Å². The predicted molar refractivity (Wildman–Crippen MR) is 123 cm³/mol. The highest BCUT2D eigenvalue weighted by atomic mass is 35.5. The molecule has 0 unspecified atom stereocenters. The number of nitrogens with one attached hydrogen (secondary N) is 1. The monoisotopic (exact) mass is 454 g/mol. The second-order valence-electron chi connectivity index (χ2n) is 7.18. The van der Waals surface area contributed by atoms with Crippen molar-refractivity contribution >= 4 is 46.4 Å². The number of hydrogen-bond acceptors (Lipinski definition) is 3. The molecule has 0 aliphatic carbocycles. The van der Waals surface area contributed by atoms with E-state index in [1.165, 1.54) is 0 Å². The fourth-order valence-electron chi connectivity index (χ4n) is 3.53. The molecule has 2 amide bonds. The number of carbonyl (C=O) groups is 2. The summed E-state index contributed by atoms with van der Waals surface area (Å²) in [5.41, 5.74) is 3.14. The summed E-state index contributed by atoms with van der Waals surface area (Å²) in [7, 11) is 0. The number of anilines is 2. The molecule has 0 spiro atoms. The van der Waals surface area contributed by atoms with E-state index in [9.17, 15) is 9.59 Å². The molecule has 0 bridgehead atoms. The average Bonchev–Trinajstić information content (AvgIpc) is 2.78. The number of rotatable bonds is 5. The number of amides is 2. The van der Waals surface area contributed by atoms with Gasteiger partial charge in [0.25, 0.3) is 11.8 Å². The molecule has 0 atom stereocenters. The number of fused-ring (bicyclic) bond motifs is 1. The minimum Gasteiger partial charge on any atom is -0.482 e. The van der Waals surface area contributed by atoms with E-state index in [2.05, 4.69) is 5.32 Å². The van der Waals surface area contributed by atoms with Crippen molar-refractivity contribution in [3.8, 4) is 5.75 Å². The Morgan fingerprint density at radius 2 is 1.81 bits per heavy atom. The molecule has 31 heavy (non-hydrogen) atoms. The number of benzene rings is 3. The molecule has 5 nitrogen and oxygen atoms in total. The molecular formula is C24H20Cl2N2O3. The van der Waals surface area contributed by atoms with Gasteiger partial charge in [-0.2, -0.15) is 0 Å². The summed E-state index contributed by atoms with van der Waals surface area (Å²) in [4.78, 5) is 27.2. The van der Waals surface area contributed by atoms with Gasteiger partial charge < -0.3 is 15.0 Å². The Hall–Kier alpha value is -3.02. The lowest BCUT2D eigenvalue weighted by atomic mass is 10.00. The Kier molecular flexibility index (Phi) is 6.44. The van der Waals surface area contributed by atoms with Gasteiger partial charge >= 0.3 is 0 Å². The molecule has 0 saturated carbocycles. The van der Waals surface area contributed by atoms with Crippen LogP contribution in [0.3, 0.4) is 0 Å². The molecular weight excluding hydrogens is 435 g/mol. The van der Waals surface area contributed by atoms with Gasteiger partial charge in [-0.05, 0) is 60.9 Å². The van der Waals surface area contributed by atoms with E-state index in [-0.39, 0.29) is 18.4 Å². The summed E-state index contributed by atoms with van der Waals surface area (Å²) in [6.45, 7) is 0.432. The third-order valence-corrected chi connectivity index (χ3v) is 5.54. The Bertz CT molecular complexity index is 1120. The van der Waals surface area contributed by atoms with Crippen molar-refractivity contribution in [3.05, 3.63) is 87.9 Å². The van der Waals surface area contributed by atoms with Crippen LogP contribution in [0.2, 0.25) is 10.0 Å². The number of nitrogens with zero attached hydrogens (tertiary/aromatic N) is 1. The fraction of sp³-hybridized carbons (Fsp3) is 0.167. The topological polar surface area (TPSA) is 58.6 Å². The Morgan fingerprint density at radius 1 is 1.00 bits per heavy atom. The van der Waals surface area contributed by atoms with Gasteiger partial charge in [0.2, 0.25) is 0 Å². The molecule has 1 heterocycles. The second kappa shape index (κ2) is 9.41. The highest BCUT2D eigenvalue weighted by molar-refractivity contribution is 6.35. The zero-order valence-corrected chi connectivity index (χ0v) is 18.1. The quantitative estimate of drug-likeness (QED) is 0.545. The predicted octanol–water partition coefficient (Wildman–Crippen LogP) is 5.60. The van der Waals surface area contributed by atoms with Gasteiger partial charge in [-0.15, -0.1) is 0 Å². The van der Waals surface area contributed by atoms with E-state index in [0.29, 0.717) is 33.6 Å². The van der Waals surface area contributed by atoms with Crippen molar-refractivity contribution in [2.24, 2.45) is 0 Å². The van der Waals surface area contributed by atoms with E-state index < -0.39 is 0 Å². The zero-order valence-electron chi connectivity index (χ0n) is 16.6. The Morgan fingerprint density at radius 3 is 2.58 bits per heavy atom. The lowest BCUT2D eigenvalue weighted by Gasteiger charge is -2.30. The first kappa shape index (κ1) is 21.2. The molecule has 1 N–H and O–H groups in total. The number of hydrogen-bond donors (Lipinski definition) is 1. The Labute approximate surface area is 190 Å². The molecule has 158 valence electrons. The van der Waals surface area contributed by atoms with Crippen LogP contribution in [0, 0.1) is 0 Å². The molecule has 4 rings (SSSR count). The maximum absolute atomic E-state index is 13.0. The lowest BCUT2D eigenvalue weighted by Crippen LogP contribution is -2.35. The van der Waals surface area contributed by atoms with Crippen LogP contribution in [-0.4, -0.2) is 25.0 Å². The van der Waals surface area contributed by atoms with Crippen LogP contribution in [0.25, 0.3) is 0 Å². The normalized spacial score (nSPS) is 12.8. The molecule has 0 aromatic heterocycles. The van der Waals surface area contributed by atoms with E-state index in [0.717, 1.165) is 24.1 Å². The summed E-state index contributed by atoms with van der Waals surface area (Å²) in [5, 5.41) is 3.65. The van der Waals surface area contributed by atoms with Crippen molar-refractivity contribution in [2.45, 2.75) is 12.8 Å². The average molecular weight is 455 g/mol. The molecule has 0 fully saturated rings. The minimum absolute atomic E-state index is 0.0502. The van der Waals surface area contributed by atoms with Crippen LogP contribution in [0.15, 0.2) is 66.7 Å². The zero-order chi connectivity index (χ0) is 21.8. The van der Waals surface area contributed by atoms with Gasteiger partial charge in [0.05, 0.1) is 5.02 Å². The van der Waals surface area contributed by atoms with Gasteiger partial charge in [0.1, 0.15) is 5.75 Å². The second-order valence-corrected chi connectivity index (χ2v) is 8.03. The van der Waals surface area contributed by atoms with E-state index in [4.69, 9.17) is 27.9 Å². The van der Waals surface area contributed by atoms with Gasteiger partial charge in [-0.25, -0.2) is 0 Å². The maximum Gasteiger partial charge on any atom is 0.262 e. The summed E-state index contributed by atoms with van der Waals surface area (Å²) in [6.07, 6.45) is 1.78. The fourth-order valence-corrected chi connectivity index (χ4v) is 4.00. The number of aryl methyl sites for hydroxylation is 1. The van der Waals surface area contributed by atoms with Crippen LogP contribution >= 0.6 is 23.2 Å². The molecule has 3 aromatic carbocycles. The third-order valence-electron chi connectivity index (χ3n) is 5.01. The molecule has 1 aliphatic heterocycles. The molecule has 1 aliphatic rings. The molecule has 0 radical (unpaired) electrons. The smallest absolute Gasteiger partial charge is 0.262 e. The van der Waals surface area contributed by atoms with Crippen LogP contribution < -0.4 is 15.0 Å². The van der Waals surface area contributed by atoms with Crippen molar-refractivity contribution in [2.75, 3.05) is 23.4 Å². The highest BCUT2D eigenvalue weighted by Gasteiger charge is 2.24. The lowest BCUT2D eigenvalue weighted by molar-refractivity contribution is -0.118. The Balaban J connectivity index is 1.46. The first-order valence-electron chi connectivity index (χ1n) is 9.89. The summed E-state index contributed by atoms with van der Waals surface area (Å²) in [6, 6.07) is 19.6. The van der Waals surface area contributed by atoms with E-state index >= 15 is 0 Å². The van der Waals surface area contributed by atoms with E-state index in [1.807, 2.05) is 48.5 Å². The molecule has 0 saturated heterocycles. The number of carbonyl (C=O) groups excluding carboxylic acids is 2. The third kappa shape index (κ3) is 5.01. The number of halogens is 2. The van der Waals surface area contributed by atoms with Gasteiger partial charge in [-0.1, -0.05) is 47.5 Å². The summed E-state index contributed by atoms with van der Waals surface area (Å²) in [5.74, 6) is -0.000238. The van der Waals surface area contributed by atoms with Crippen molar-refractivity contribution in [1.82, 2.24) is 0 Å². The SMILES string of the molecule is O=C(COc1ccc(Cl)cc1Cl)Nc1ccc2c(c1)N(C(=O)c1ccccc1)CCC2. The number of ether oxygens (including phenoxy) is 1. The van der Waals surface area contributed by atoms with Gasteiger partial charge in [0.15, 0.2) is 6.61 Å². The largest absolute Gasteiger partial charge is 0.482 e. The van der Waals surface area contributed by atoms with Crippen LogP contribution in [0.5, 0.6) is 5.75 Å². The minimum atomic E-state index is -0.331. The van der Waals surface area contributed by atoms with Crippen LogP contribution in [0.4, 0.5) is 11.4 Å². The van der Waals surface area contributed by atoms with Crippen LogP contribution in [0.1, 0.15) is 22.3 Å². The van der Waals surface area contributed by atoms with Crippen molar-refractivity contribution < 1.29 is 14.3 Å². The highest BCUT2D eigenvalue weighted by Crippen LogP contribution is 2.31. The molecule has 7 heteroatoms. The first-order valence-corrected chi connectivity index (χ1v) is 10.6. The standard InChI is InChI=1S/C24H20Cl2N2O3/c25-18-9-11-22(20(26)13-18)31-15-23(29)27-19-10-8-16-7-4-12-28(21(16)14-19)24(30)17-5-2-1-3-6-17/h1-3,5-6,8-11,13-14H,4,7,12,15H2,(H,27,29). The first-order chi connectivity index (χ1) is 15.0. The summed E-state index contributed by atoms with van der Waals surface area (Å²) < 4.78 is 5.49. The van der Waals surface area contributed by atoms with Crippen molar-refractivity contribution in [1.29, 1.82) is 0 Å². The van der Waals surface area contributed by atoms with Crippen LogP contribution in [-0.2, 0) is 11.2 Å².